The number of amides is 1. The van der Waals surface area contributed by atoms with Gasteiger partial charge in [-0.25, -0.2) is 0 Å². The second-order valence-electron chi connectivity index (χ2n) is 5.81. The van der Waals surface area contributed by atoms with Crippen LogP contribution < -0.4 is 10.2 Å². The molecule has 2 fully saturated rings. The highest BCUT2D eigenvalue weighted by atomic mass is 35.5. The summed E-state index contributed by atoms with van der Waals surface area (Å²) in [5.74, 6) is 0.178. The topological polar surface area (TPSA) is 54.3 Å². The summed E-state index contributed by atoms with van der Waals surface area (Å²) in [6.07, 6.45) is 3.91. The zero-order valence-electron chi connectivity index (χ0n) is 12.2. The molecule has 118 valence electrons. The first-order chi connectivity index (χ1) is 9.63. The molecule has 0 aliphatic carbocycles. The minimum absolute atomic E-state index is 0. The highest BCUT2D eigenvalue weighted by Gasteiger charge is 2.30. The van der Waals surface area contributed by atoms with Crippen molar-refractivity contribution in [3.05, 3.63) is 20.7 Å². The molecule has 2 aliphatic heterocycles. The van der Waals surface area contributed by atoms with Crippen molar-refractivity contribution in [2.45, 2.75) is 51.2 Å². The predicted molar refractivity (Wildman–Crippen MR) is 86.3 cm³/mol. The van der Waals surface area contributed by atoms with Gasteiger partial charge in [0, 0.05) is 49.2 Å². The Morgan fingerprint density at radius 3 is 2.86 bits per heavy atom. The molecule has 1 amide bonds. The third kappa shape index (κ3) is 3.67. The number of nitrogens with one attached hydrogen (secondary N) is 1. The SMILES string of the molecule is Cc1csc(=O)n1CCC(=O)N1CCC2CCC(C1)N2.Cl. The molecule has 2 aliphatic rings. The van der Waals surface area contributed by atoms with E-state index in [0.29, 0.717) is 25.0 Å². The number of carbonyl (C=O) groups is 1. The Kier molecular flexibility index (Phi) is 5.46. The minimum Gasteiger partial charge on any atom is -0.341 e. The van der Waals surface area contributed by atoms with Crippen LogP contribution in [0.3, 0.4) is 0 Å². The van der Waals surface area contributed by atoms with Gasteiger partial charge in [-0.15, -0.1) is 12.4 Å². The average molecular weight is 332 g/mol. The molecule has 2 bridgehead atoms. The number of likely N-dealkylation sites (tertiary alicyclic amines) is 1. The smallest absolute Gasteiger partial charge is 0.307 e. The van der Waals surface area contributed by atoms with Gasteiger partial charge in [-0.3, -0.25) is 9.59 Å². The molecule has 0 radical (unpaired) electrons. The summed E-state index contributed by atoms with van der Waals surface area (Å²) in [6.45, 7) is 4.10. The number of thiazole rings is 1. The Labute approximate surface area is 134 Å². The summed E-state index contributed by atoms with van der Waals surface area (Å²) in [5, 5.41) is 5.43. The second-order valence-corrected chi connectivity index (χ2v) is 6.63. The summed E-state index contributed by atoms with van der Waals surface area (Å²) in [7, 11) is 0. The Hall–Kier alpha value is -0.850. The van der Waals surface area contributed by atoms with Crippen molar-refractivity contribution in [1.82, 2.24) is 14.8 Å². The number of halogens is 1. The number of nitrogens with zero attached hydrogens (tertiary/aromatic N) is 2. The summed E-state index contributed by atoms with van der Waals surface area (Å²) in [6, 6.07) is 1.07. The van der Waals surface area contributed by atoms with Crippen LogP contribution in [0.2, 0.25) is 0 Å². The molecule has 3 heterocycles. The lowest BCUT2D eigenvalue weighted by Crippen LogP contribution is -2.39. The van der Waals surface area contributed by atoms with Crippen molar-refractivity contribution in [2.24, 2.45) is 0 Å². The summed E-state index contributed by atoms with van der Waals surface area (Å²) in [5.41, 5.74) is 0.949. The third-order valence-corrected chi connectivity index (χ3v) is 5.28. The van der Waals surface area contributed by atoms with Crippen molar-refractivity contribution < 1.29 is 4.79 Å². The van der Waals surface area contributed by atoms with Crippen LogP contribution in [0, 0.1) is 6.92 Å². The van der Waals surface area contributed by atoms with E-state index < -0.39 is 0 Å². The van der Waals surface area contributed by atoms with Crippen LogP contribution in [0.4, 0.5) is 0 Å². The maximum Gasteiger partial charge on any atom is 0.307 e. The predicted octanol–water partition coefficient (Wildman–Crippen LogP) is 1.38. The lowest BCUT2D eigenvalue weighted by atomic mass is 10.1. The highest BCUT2D eigenvalue weighted by molar-refractivity contribution is 7.07. The maximum absolute atomic E-state index is 12.3. The number of carbonyl (C=O) groups excluding carboxylic acids is 1. The van der Waals surface area contributed by atoms with E-state index in [9.17, 15) is 9.59 Å². The Morgan fingerprint density at radius 2 is 2.14 bits per heavy atom. The fourth-order valence-electron chi connectivity index (χ4n) is 3.21. The molecule has 0 spiro atoms. The summed E-state index contributed by atoms with van der Waals surface area (Å²) in [4.78, 5) is 26.0. The van der Waals surface area contributed by atoms with E-state index in [2.05, 4.69) is 5.32 Å². The summed E-state index contributed by atoms with van der Waals surface area (Å²) >= 11 is 1.20. The zero-order chi connectivity index (χ0) is 14.1. The maximum atomic E-state index is 12.3. The lowest BCUT2D eigenvalue weighted by Gasteiger charge is -2.24. The van der Waals surface area contributed by atoms with E-state index >= 15 is 0 Å². The van der Waals surface area contributed by atoms with Gasteiger partial charge in [-0.1, -0.05) is 11.3 Å². The van der Waals surface area contributed by atoms with E-state index in [1.807, 2.05) is 17.2 Å². The van der Waals surface area contributed by atoms with Crippen molar-refractivity contribution in [3.63, 3.8) is 0 Å². The van der Waals surface area contributed by atoms with Crippen LogP contribution in [0.5, 0.6) is 0 Å². The quantitative estimate of drug-likeness (QED) is 0.910. The Bertz CT molecular complexity index is 557. The zero-order valence-corrected chi connectivity index (χ0v) is 13.8. The number of aromatic nitrogens is 1. The van der Waals surface area contributed by atoms with Crippen LogP contribution in [-0.2, 0) is 11.3 Å². The van der Waals surface area contributed by atoms with Crippen LogP contribution >= 0.6 is 23.7 Å². The number of fused-ring (bicyclic) bond motifs is 2. The molecule has 1 aromatic heterocycles. The Morgan fingerprint density at radius 1 is 1.38 bits per heavy atom. The van der Waals surface area contributed by atoms with Gasteiger partial charge < -0.3 is 14.8 Å². The molecule has 2 atom stereocenters. The largest absolute Gasteiger partial charge is 0.341 e. The first-order valence-corrected chi connectivity index (χ1v) is 8.20. The van der Waals surface area contributed by atoms with Crippen molar-refractivity contribution in [3.8, 4) is 0 Å². The van der Waals surface area contributed by atoms with Crippen LogP contribution in [0.1, 0.15) is 31.4 Å². The molecule has 5 nitrogen and oxygen atoms in total. The van der Waals surface area contributed by atoms with Crippen LogP contribution in [-0.4, -0.2) is 40.5 Å². The molecule has 1 N–H and O–H groups in total. The van der Waals surface area contributed by atoms with Gasteiger partial charge in [0.2, 0.25) is 5.91 Å². The van der Waals surface area contributed by atoms with Gasteiger partial charge >= 0.3 is 4.87 Å². The molecule has 21 heavy (non-hydrogen) atoms. The monoisotopic (exact) mass is 331 g/mol. The highest BCUT2D eigenvalue weighted by Crippen LogP contribution is 2.20. The second kappa shape index (κ2) is 6.94. The summed E-state index contributed by atoms with van der Waals surface area (Å²) < 4.78 is 1.70. The number of hydrogen-bond acceptors (Lipinski definition) is 4. The molecule has 1 aromatic rings. The number of rotatable bonds is 3. The fraction of sp³-hybridized carbons (Fsp3) is 0.714. The van der Waals surface area contributed by atoms with E-state index in [1.54, 1.807) is 4.57 Å². The fourth-order valence-corrected chi connectivity index (χ4v) is 3.97. The molecular weight excluding hydrogens is 310 g/mol. The molecule has 2 unspecified atom stereocenters. The van der Waals surface area contributed by atoms with Crippen molar-refractivity contribution in [2.75, 3.05) is 13.1 Å². The standard InChI is InChI=1S/C14H21N3O2S.ClH/c1-10-9-20-14(19)17(10)7-5-13(18)16-6-4-11-2-3-12(8-16)15-11;/h9,11-12,15H,2-8H2,1H3;1H. The van der Waals surface area contributed by atoms with Gasteiger partial charge in [-0.2, -0.15) is 0 Å². The van der Waals surface area contributed by atoms with Crippen molar-refractivity contribution >= 4 is 29.7 Å². The van der Waals surface area contributed by atoms with E-state index in [0.717, 1.165) is 25.2 Å². The van der Waals surface area contributed by atoms with Gasteiger partial charge in [0.25, 0.3) is 0 Å². The first kappa shape index (κ1) is 16.5. The first-order valence-electron chi connectivity index (χ1n) is 7.32. The van der Waals surface area contributed by atoms with Gasteiger partial charge in [0.15, 0.2) is 0 Å². The molecule has 2 saturated heterocycles. The molecule has 0 aromatic carbocycles. The van der Waals surface area contributed by atoms with Gasteiger partial charge in [0.05, 0.1) is 0 Å². The Balaban J connectivity index is 0.00000161. The molecular formula is C14H22ClN3O2S. The minimum atomic E-state index is 0. The van der Waals surface area contributed by atoms with Crippen LogP contribution in [0.15, 0.2) is 10.2 Å². The molecule has 3 rings (SSSR count). The van der Waals surface area contributed by atoms with Gasteiger partial charge in [0.1, 0.15) is 0 Å². The third-order valence-electron chi connectivity index (χ3n) is 4.40. The van der Waals surface area contributed by atoms with Crippen LogP contribution in [0.25, 0.3) is 0 Å². The van der Waals surface area contributed by atoms with E-state index in [1.165, 1.54) is 24.2 Å². The van der Waals surface area contributed by atoms with E-state index in [-0.39, 0.29) is 23.2 Å². The van der Waals surface area contributed by atoms with Gasteiger partial charge in [-0.05, 0) is 26.2 Å². The molecule has 7 heteroatoms. The number of aryl methyl sites for hydroxylation is 1. The van der Waals surface area contributed by atoms with Crippen molar-refractivity contribution in [1.29, 1.82) is 0 Å². The molecule has 0 saturated carbocycles. The van der Waals surface area contributed by atoms with E-state index in [4.69, 9.17) is 0 Å². The lowest BCUT2D eigenvalue weighted by molar-refractivity contribution is -0.131. The number of hydrogen-bond donors (Lipinski definition) is 1. The average Bonchev–Trinajstić information content (AvgIpc) is 2.90. The normalized spacial score (nSPS) is 24.5.